The number of aromatic nitrogens is 3. The second kappa shape index (κ2) is 10.4. The maximum absolute atomic E-state index is 11.2. The molecule has 9 heteroatoms. The molecule has 0 aliphatic rings. The van der Waals surface area contributed by atoms with Crippen LogP contribution in [0.2, 0.25) is 0 Å². The summed E-state index contributed by atoms with van der Waals surface area (Å²) in [7, 11) is -2.61. The molecule has 0 radical (unpaired) electrons. The van der Waals surface area contributed by atoms with E-state index in [0.717, 1.165) is 16.7 Å². The first-order valence-electron chi connectivity index (χ1n) is 11.2. The zero-order chi connectivity index (χ0) is 25.0. The number of benzene rings is 3. The van der Waals surface area contributed by atoms with E-state index in [-0.39, 0.29) is 6.54 Å². The molecule has 0 bridgehead atoms. The summed E-state index contributed by atoms with van der Waals surface area (Å²) in [6.07, 6.45) is 1.40. The van der Waals surface area contributed by atoms with Gasteiger partial charge in [0.2, 0.25) is 0 Å². The number of hydrogen-bond donors (Lipinski definition) is 2. The van der Waals surface area contributed by atoms with Crippen LogP contribution in [0.1, 0.15) is 34.0 Å². The molecule has 4 rings (SSSR count). The molecule has 2 N–H and O–H groups in total. The molecule has 1 atom stereocenters. The van der Waals surface area contributed by atoms with E-state index >= 15 is 0 Å². The van der Waals surface area contributed by atoms with Crippen molar-refractivity contribution in [2.45, 2.75) is 26.4 Å². The number of rotatable bonds is 9. The number of nitrogens with one attached hydrogen (secondary N) is 1. The predicted octanol–water partition coefficient (Wildman–Crippen LogP) is 4.20. The van der Waals surface area contributed by atoms with Crippen molar-refractivity contribution in [1.29, 1.82) is 0 Å². The van der Waals surface area contributed by atoms with Crippen molar-refractivity contribution >= 4 is 10.3 Å². The van der Waals surface area contributed by atoms with Crippen LogP contribution < -0.4 is 9.46 Å². The Hall–Kier alpha value is -3.53. The standard InChI is InChI=1S/C26H28N4O4S/c1-18-6-4-7-19(2)25(18)22-9-5-8-20(14-22)16-34-23-12-10-21(11-13-23)24(15-29-35(31,32)33)26-27-17-28-30(26)3/h4-14,17,24,29H,15-16H2,1-3H3,(H,31,32,33). The molecule has 0 spiro atoms. The van der Waals surface area contributed by atoms with E-state index in [1.54, 1.807) is 11.7 Å². The van der Waals surface area contributed by atoms with Gasteiger partial charge in [-0.15, -0.1) is 0 Å². The molecule has 0 aliphatic carbocycles. The molecule has 35 heavy (non-hydrogen) atoms. The van der Waals surface area contributed by atoms with E-state index in [1.807, 2.05) is 36.4 Å². The first-order valence-corrected chi connectivity index (χ1v) is 12.6. The monoisotopic (exact) mass is 492 g/mol. The number of ether oxygens (including phenoxy) is 1. The lowest BCUT2D eigenvalue weighted by Gasteiger charge is -2.17. The topological polar surface area (TPSA) is 106 Å². The summed E-state index contributed by atoms with van der Waals surface area (Å²) in [5.41, 5.74) is 6.74. The van der Waals surface area contributed by atoms with E-state index in [9.17, 15) is 8.42 Å². The Balaban J connectivity index is 1.49. The van der Waals surface area contributed by atoms with Gasteiger partial charge >= 0.3 is 10.3 Å². The lowest BCUT2D eigenvalue weighted by atomic mass is 9.95. The van der Waals surface area contributed by atoms with Crippen molar-refractivity contribution in [3.8, 4) is 16.9 Å². The van der Waals surface area contributed by atoms with Gasteiger partial charge in [0, 0.05) is 13.6 Å². The van der Waals surface area contributed by atoms with Gasteiger partial charge in [0.1, 0.15) is 24.5 Å². The molecule has 4 aromatic rings. The van der Waals surface area contributed by atoms with Crippen LogP contribution in [0.15, 0.2) is 73.1 Å². The van der Waals surface area contributed by atoms with E-state index < -0.39 is 16.2 Å². The predicted molar refractivity (Wildman–Crippen MR) is 135 cm³/mol. The summed E-state index contributed by atoms with van der Waals surface area (Å²) in [6.45, 7) is 4.59. The minimum atomic E-state index is -4.34. The molecule has 1 unspecified atom stereocenters. The van der Waals surface area contributed by atoms with Gasteiger partial charge in [-0.05, 0) is 65.4 Å². The Morgan fingerprint density at radius 2 is 1.71 bits per heavy atom. The van der Waals surface area contributed by atoms with Gasteiger partial charge in [-0.2, -0.15) is 18.2 Å². The summed E-state index contributed by atoms with van der Waals surface area (Å²) >= 11 is 0. The SMILES string of the molecule is Cc1cccc(C)c1-c1cccc(COc2ccc(C(CNS(=O)(=O)O)c3ncnn3C)cc2)c1. The molecule has 0 amide bonds. The molecular weight excluding hydrogens is 464 g/mol. The third kappa shape index (κ3) is 6.13. The molecule has 0 aliphatic heterocycles. The van der Waals surface area contributed by atoms with Crippen LogP contribution in [0.5, 0.6) is 5.75 Å². The number of aryl methyl sites for hydroxylation is 3. The maximum atomic E-state index is 11.2. The van der Waals surface area contributed by atoms with Crippen LogP contribution in [-0.2, 0) is 24.0 Å². The van der Waals surface area contributed by atoms with E-state index in [0.29, 0.717) is 18.2 Å². The minimum absolute atomic E-state index is 0.0588. The molecule has 3 aromatic carbocycles. The molecule has 1 aromatic heterocycles. The van der Waals surface area contributed by atoms with Crippen molar-refractivity contribution in [3.05, 3.63) is 101 Å². The highest BCUT2D eigenvalue weighted by Crippen LogP contribution is 2.28. The molecule has 0 saturated heterocycles. The van der Waals surface area contributed by atoms with Gasteiger partial charge in [-0.3, -0.25) is 9.23 Å². The Morgan fingerprint density at radius 3 is 2.34 bits per heavy atom. The van der Waals surface area contributed by atoms with Gasteiger partial charge < -0.3 is 4.74 Å². The van der Waals surface area contributed by atoms with Gasteiger partial charge in [0.25, 0.3) is 0 Å². The summed E-state index contributed by atoms with van der Waals surface area (Å²) in [4.78, 5) is 4.24. The fraction of sp³-hybridized carbons (Fsp3) is 0.231. The molecule has 0 fully saturated rings. The summed E-state index contributed by atoms with van der Waals surface area (Å²) in [5.74, 6) is 0.816. The third-order valence-corrected chi connectivity index (χ3v) is 6.44. The van der Waals surface area contributed by atoms with Crippen molar-refractivity contribution in [2.24, 2.45) is 7.05 Å². The lowest BCUT2D eigenvalue weighted by Crippen LogP contribution is -2.29. The van der Waals surface area contributed by atoms with Crippen molar-refractivity contribution in [3.63, 3.8) is 0 Å². The van der Waals surface area contributed by atoms with Gasteiger partial charge in [-0.1, -0.05) is 48.5 Å². The summed E-state index contributed by atoms with van der Waals surface area (Å²) < 4.78 is 41.3. The second-order valence-electron chi connectivity index (χ2n) is 8.44. The second-order valence-corrected chi connectivity index (χ2v) is 9.68. The van der Waals surface area contributed by atoms with Crippen LogP contribution in [0.25, 0.3) is 11.1 Å². The highest BCUT2D eigenvalue weighted by molar-refractivity contribution is 7.83. The zero-order valence-corrected chi connectivity index (χ0v) is 20.7. The zero-order valence-electron chi connectivity index (χ0n) is 19.8. The van der Waals surface area contributed by atoms with Crippen LogP contribution in [-0.4, -0.2) is 34.3 Å². The van der Waals surface area contributed by atoms with E-state index in [1.165, 1.54) is 23.0 Å². The summed E-state index contributed by atoms with van der Waals surface area (Å²) in [5, 5.41) is 4.07. The lowest BCUT2D eigenvalue weighted by molar-refractivity contribution is 0.306. The molecular formula is C26H28N4O4S. The Kier molecular flexibility index (Phi) is 7.30. The average molecular weight is 493 g/mol. The van der Waals surface area contributed by atoms with Gasteiger partial charge in [-0.25, -0.2) is 4.98 Å². The molecule has 0 saturated carbocycles. The Labute approximate surface area is 205 Å². The van der Waals surface area contributed by atoms with Crippen molar-refractivity contribution in [2.75, 3.05) is 6.54 Å². The highest BCUT2D eigenvalue weighted by Gasteiger charge is 2.21. The maximum Gasteiger partial charge on any atom is 0.333 e. The Morgan fingerprint density at radius 1 is 1.03 bits per heavy atom. The number of hydrogen-bond acceptors (Lipinski definition) is 5. The molecule has 182 valence electrons. The third-order valence-electron chi connectivity index (χ3n) is 5.91. The minimum Gasteiger partial charge on any atom is -0.489 e. The fourth-order valence-electron chi connectivity index (χ4n) is 4.22. The molecule has 8 nitrogen and oxygen atoms in total. The van der Waals surface area contributed by atoms with Gasteiger partial charge in [0.05, 0.1) is 5.92 Å². The first kappa shape index (κ1) is 24.6. The van der Waals surface area contributed by atoms with E-state index in [4.69, 9.17) is 9.29 Å². The van der Waals surface area contributed by atoms with Crippen LogP contribution in [0.3, 0.4) is 0 Å². The van der Waals surface area contributed by atoms with Crippen LogP contribution >= 0.6 is 0 Å². The van der Waals surface area contributed by atoms with Gasteiger partial charge in [0.15, 0.2) is 0 Å². The highest BCUT2D eigenvalue weighted by atomic mass is 32.2. The van der Waals surface area contributed by atoms with E-state index in [2.05, 4.69) is 59.0 Å². The average Bonchev–Trinajstić information content (AvgIpc) is 3.24. The number of nitrogens with zero attached hydrogens (tertiary/aromatic N) is 3. The first-order chi connectivity index (χ1) is 16.7. The normalized spacial score (nSPS) is 12.5. The fourth-order valence-corrected chi connectivity index (χ4v) is 4.59. The van der Waals surface area contributed by atoms with Crippen molar-refractivity contribution in [1.82, 2.24) is 19.5 Å². The van der Waals surface area contributed by atoms with Crippen LogP contribution in [0.4, 0.5) is 0 Å². The molecule has 1 heterocycles. The quantitative estimate of drug-likeness (QED) is 0.339. The summed E-state index contributed by atoms with van der Waals surface area (Å²) in [6, 6.07) is 22.0. The van der Waals surface area contributed by atoms with Crippen LogP contribution in [0, 0.1) is 13.8 Å². The van der Waals surface area contributed by atoms with Crippen molar-refractivity contribution < 1.29 is 17.7 Å². The Bertz CT molecular complexity index is 1400. The largest absolute Gasteiger partial charge is 0.489 e. The smallest absolute Gasteiger partial charge is 0.333 e.